The Labute approximate surface area is 178 Å². The van der Waals surface area contributed by atoms with E-state index in [4.69, 9.17) is 14.1 Å². The summed E-state index contributed by atoms with van der Waals surface area (Å²) < 4.78 is 12.8. The van der Waals surface area contributed by atoms with Crippen molar-refractivity contribution in [2.45, 2.75) is 51.9 Å². The maximum Gasteiger partial charge on any atom is 0.152 e. The predicted octanol–water partition coefficient (Wildman–Crippen LogP) is 4.53. The van der Waals surface area contributed by atoms with E-state index in [1.165, 1.54) is 5.56 Å². The molecule has 0 bridgehead atoms. The molecule has 1 aliphatic rings. The molecule has 1 aliphatic heterocycles. The minimum absolute atomic E-state index is 0.0503. The number of aliphatic hydroxyl groups is 1. The number of furan rings is 1. The number of fused-ring (bicyclic) bond motifs is 5. The molecule has 4 aromatic heterocycles. The van der Waals surface area contributed by atoms with E-state index in [9.17, 15) is 5.11 Å². The molecule has 2 N–H and O–H groups in total. The Bertz CT molecular complexity index is 1210. The number of rotatable bonds is 5. The first-order valence-corrected chi connectivity index (χ1v) is 11.0. The van der Waals surface area contributed by atoms with Crippen LogP contribution in [0.15, 0.2) is 29.1 Å². The lowest BCUT2D eigenvalue weighted by atomic mass is 9.89. The molecule has 0 saturated carbocycles. The second kappa shape index (κ2) is 7.30. The summed E-state index contributed by atoms with van der Waals surface area (Å²) in [5.41, 5.74) is 3.73. The van der Waals surface area contributed by atoms with Crippen molar-refractivity contribution < 1.29 is 14.3 Å². The zero-order valence-corrected chi connectivity index (χ0v) is 18.0. The number of pyridine rings is 1. The van der Waals surface area contributed by atoms with Gasteiger partial charge in [-0.2, -0.15) is 0 Å². The molecule has 0 amide bonds. The third-order valence-electron chi connectivity index (χ3n) is 5.64. The van der Waals surface area contributed by atoms with Crippen LogP contribution < -0.4 is 5.32 Å². The highest BCUT2D eigenvalue weighted by molar-refractivity contribution is 7.26. The lowest BCUT2D eigenvalue weighted by Crippen LogP contribution is -2.32. The minimum Gasteiger partial charge on any atom is -0.463 e. The molecule has 0 unspecified atom stereocenters. The van der Waals surface area contributed by atoms with Crippen LogP contribution in [0, 0.1) is 0 Å². The third kappa shape index (κ3) is 3.15. The number of hydrogen-bond donors (Lipinski definition) is 2. The van der Waals surface area contributed by atoms with Gasteiger partial charge in [0, 0.05) is 17.4 Å². The zero-order chi connectivity index (χ0) is 20.9. The molecule has 7 nitrogen and oxygen atoms in total. The van der Waals surface area contributed by atoms with Gasteiger partial charge in [-0.25, -0.2) is 15.0 Å². The number of ether oxygens (including phenoxy) is 1. The van der Waals surface area contributed by atoms with Gasteiger partial charge in [-0.05, 0) is 38.0 Å². The van der Waals surface area contributed by atoms with Gasteiger partial charge in [-0.15, -0.1) is 11.3 Å². The van der Waals surface area contributed by atoms with Crippen LogP contribution in [0.5, 0.6) is 0 Å². The molecule has 0 radical (unpaired) electrons. The second-order valence-corrected chi connectivity index (χ2v) is 9.23. The highest BCUT2D eigenvalue weighted by Gasteiger charge is 2.32. The van der Waals surface area contributed by atoms with Gasteiger partial charge in [0.1, 0.15) is 22.7 Å². The first-order chi connectivity index (χ1) is 14.5. The molecule has 5 rings (SSSR count). The summed E-state index contributed by atoms with van der Waals surface area (Å²) >= 11 is 1.57. The van der Waals surface area contributed by atoms with Crippen LogP contribution in [0.2, 0.25) is 0 Å². The fourth-order valence-electron chi connectivity index (χ4n) is 4.00. The van der Waals surface area contributed by atoms with Crippen LogP contribution in [-0.4, -0.2) is 38.3 Å². The number of aromatic nitrogens is 3. The monoisotopic (exact) mass is 424 g/mol. The lowest BCUT2D eigenvalue weighted by Gasteiger charge is -2.32. The first-order valence-electron chi connectivity index (χ1n) is 10.1. The van der Waals surface area contributed by atoms with E-state index in [-0.39, 0.29) is 18.2 Å². The van der Waals surface area contributed by atoms with Crippen LogP contribution in [0.1, 0.15) is 38.3 Å². The van der Waals surface area contributed by atoms with Gasteiger partial charge in [0.05, 0.1) is 41.3 Å². The standard InChI is InChI=1S/C22H24N4O3S/c1-4-12(9-27)25-20-19-18(23-11-24-20)16-13-8-22(2,3)29-10-14(13)17(26-21(16)30-19)15-6-5-7-28-15/h5-7,11-12,27H,4,8-10H2,1-3H3,(H,23,24,25)/t12-/m1/s1. The van der Waals surface area contributed by atoms with Crippen molar-refractivity contribution in [3.63, 3.8) is 0 Å². The van der Waals surface area contributed by atoms with Crippen molar-refractivity contribution in [1.29, 1.82) is 0 Å². The quantitative estimate of drug-likeness (QED) is 0.486. The van der Waals surface area contributed by atoms with E-state index in [1.54, 1.807) is 23.9 Å². The fourth-order valence-corrected chi connectivity index (χ4v) is 5.11. The molecule has 0 spiro atoms. The summed E-state index contributed by atoms with van der Waals surface area (Å²) in [4.78, 5) is 15.0. The number of nitrogens with one attached hydrogen (secondary N) is 1. The van der Waals surface area contributed by atoms with E-state index in [1.807, 2.05) is 19.1 Å². The van der Waals surface area contributed by atoms with Crippen molar-refractivity contribution in [3.05, 3.63) is 35.9 Å². The van der Waals surface area contributed by atoms with Crippen LogP contribution >= 0.6 is 11.3 Å². The van der Waals surface area contributed by atoms with Gasteiger partial charge >= 0.3 is 0 Å². The molecule has 0 aliphatic carbocycles. The van der Waals surface area contributed by atoms with Crippen molar-refractivity contribution >= 4 is 37.6 Å². The Morgan fingerprint density at radius 2 is 2.17 bits per heavy atom. The highest BCUT2D eigenvalue weighted by Crippen LogP contribution is 2.44. The van der Waals surface area contributed by atoms with Crippen LogP contribution in [-0.2, 0) is 17.8 Å². The van der Waals surface area contributed by atoms with Crippen molar-refractivity contribution in [2.75, 3.05) is 11.9 Å². The number of anilines is 1. The summed E-state index contributed by atoms with van der Waals surface area (Å²) in [7, 11) is 0. The molecule has 0 fully saturated rings. The molecular formula is C22H24N4O3S. The first kappa shape index (κ1) is 19.4. The molecule has 30 heavy (non-hydrogen) atoms. The molecule has 0 aromatic carbocycles. The normalized spacial score (nSPS) is 16.7. The maximum absolute atomic E-state index is 9.62. The van der Waals surface area contributed by atoms with Crippen LogP contribution in [0.4, 0.5) is 5.82 Å². The second-order valence-electron chi connectivity index (χ2n) is 8.23. The average molecular weight is 425 g/mol. The Morgan fingerprint density at radius 1 is 1.30 bits per heavy atom. The van der Waals surface area contributed by atoms with E-state index in [0.717, 1.165) is 56.1 Å². The summed E-state index contributed by atoms with van der Waals surface area (Å²) in [5, 5.41) is 14.0. The van der Waals surface area contributed by atoms with Gasteiger partial charge in [0.25, 0.3) is 0 Å². The number of aliphatic hydroxyl groups excluding tert-OH is 1. The molecule has 0 saturated heterocycles. The molecule has 5 heterocycles. The minimum atomic E-state index is -0.270. The largest absolute Gasteiger partial charge is 0.463 e. The Hall–Kier alpha value is -2.55. The fraction of sp³-hybridized carbons (Fsp3) is 0.409. The van der Waals surface area contributed by atoms with Gasteiger partial charge in [-0.1, -0.05) is 6.92 Å². The van der Waals surface area contributed by atoms with E-state index in [2.05, 4.69) is 29.1 Å². The Kier molecular flexibility index (Phi) is 4.72. The van der Waals surface area contributed by atoms with E-state index >= 15 is 0 Å². The number of nitrogens with zero attached hydrogens (tertiary/aromatic N) is 3. The zero-order valence-electron chi connectivity index (χ0n) is 17.2. The smallest absolute Gasteiger partial charge is 0.152 e. The average Bonchev–Trinajstić information content (AvgIpc) is 3.38. The summed E-state index contributed by atoms with van der Waals surface area (Å²) in [6.45, 7) is 6.79. The number of hydrogen-bond acceptors (Lipinski definition) is 8. The predicted molar refractivity (Wildman–Crippen MR) is 118 cm³/mol. The summed E-state index contributed by atoms with van der Waals surface area (Å²) in [6.07, 6.45) is 4.81. The summed E-state index contributed by atoms with van der Waals surface area (Å²) in [5.74, 6) is 1.48. The Morgan fingerprint density at radius 3 is 2.90 bits per heavy atom. The van der Waals surface area contributed by atoms with E-state index in [0.29, 0.717) is 6.61 Å². The van der Waals surface area contributed by atoms with Crippen LogP contribution in [0.3, 0.4) is 0 Å². The van der Waals surface area contributed by atoms with Gasteiger partial charge in [-0.3, -0.25) is 0 Å². The third-order valence-corrected chi connectivity index (χ3v) is 6.72. The van der Waals surface area contributed by atoms with Gasteiger partial charge in [0.2, 0.25) is 0 Å². The van der Waals surface area contributed by atoms with Crippen molar-refractivity contribution in [1.82, 2.24) is 15.0 Å². The van der Waals surface area contributed by atoms with Crippen molar-refractivity contribution in [3.8, 4) is 11.5 Å². The molecular weight excluding hydrogens is 400 g/mol. The number of thiophene rings is 1. The highest BCUT2D eigenvalue weighted by atomic mass is 32.1. The van der Waals surface area contributed by atoms with E-state index < -0.39 is 0 Å². The topological polar surface area (TPSA) is 93.3 Å². The summed E-state index contributed by atoms with van der Waals surface area (Å²) in [6, 6.07) is 3.75. The van der Waals surface area contributed by atoms with Crippen LogP contribution in [0.25, 0.3) is 31.9 Å². The Balaban J connectivity index is 1.79. The van der Waals surface area contributed by atoms with Crippen molar-refractivity contribution in [2.24, 2.45) is 0 Å². The molecule has 156 valence electrons. The molecule has 1 atom stereocenters. The maximum atomic E-state index is 9.62. The van der Waals surface area contributed by atoms with Gasteiger partial charge in [0.15, 0.2) is 5.76 Å². The molecule has 8 heteroatoms. The molecule has 4 aromatic rings. The SMILES string of the molecule is CC[C@H](CO)Nc1ncnc2c1sc1nc(-c3ccco3)c3c(c12)CC(C)(C)OC3. The lowest BCUT2D eigenvalue weighted by molar-refractivity contribution is -0.0395. The van der Waals surface area contributed by atoms with Gasteiger partial charge < -0.3 is 19.6 Å².